The van der Waals surface area contributed by atoms with Gasteiger partial charge in [0.1, 0.15) is 5.75 Å². The van der Waals surface area contributed by atoms with Crippen molar-refractivity contribution in [2.45, 2.75) is 37.6 Å². The fourth-order valence-corrected chi connectivity index (χ4v) is 4.55. The van der Waals surface area contributed by atoms with E-state index in [9.17, 15) is 0 Å². The summed E-state index contributed by atoms with van der Waals surface area (Å²) in [7, 11) is 0. The van der Waals surface area contributed by atoms with Crippen LogP contribution in [0.3, 0.4) is 0 Å². The number of hydrogen-bond acceptors (Lipinski definition) is 2. The second-order valence-corrected chi connectivity index (χ2v) is 6.63. The fraction of sp³-hybridized carbons (Fsp3) is 0.600. The van der Waals surface area contributed by atoms with Crippen LogP contribution in [0.2, 0.25) is 0 Å². The average Bonchev–Trinajstić information content (AvgIpc) is 2.87. The molecule has 3 unspecified atom stereocenters. The molecule has 1 aliphatic rings. The largest absolute Gasteiger partial charge is 0.494 e. The monoisotopic (exact) mass is 390 g/mol. The molecule has 4 heteroatoms. The van der Waals surface area contributed by atoms with E-state index in [0.29, 0.717) is 23.5 Å². The summed E-state index contributed by atoms with van der Waals surface area (Å²) in [6.45, 7) is 5.75. The normalized spacial score (nSPS) is 24.4. The van der Waals surface area contributed by atoms with Gasteiger partial charge in [-0.3, -0.25) is 0 Å². The highest BCUT2D eigenvalue weighted by Gasteiger charge is 2.33. The quantitative estimate of drug-likeness (QED) is 0.650. The predicted octanol–water partition coefficient (Wildman–Crippen LogP) is 5.10. The number of ether oxygens (including phenoxy) is 2. The molecule has 1 saturated heterocycles. The van der Waals surface area contributed by atoms with Gasteiger partial charge in [0.15, 0.2) is 0 Å². The van der Waals surface area contributed by atoms with Crippen molar-refractivity contribution in [2.24, 2.45) is 5.92 Å². The Morgan fingerprint density at radius 1 is 1.42 bits per heavy atom. The minimum absolute atomic E-state index is 0.324. The smallest absolute Gasteiger partial charge is 0.120 e. The van der Waals surface area contributed by atoms with Gasteiger partial charge in [0.25, 0.3) is 0 Å². The van der Waals surface area contributed by atoms with Gasteiger partial charge in [-0.2, -0.15) is 0 Å². The summed E-state index contributed by atoms with van der Waals surface area (Å²) in [4.78, 5) is 0.324. The fourth-order valence-electron chi connectivity index (χ4n) is 2.64. The molecule has 2 nitrogen and oxygen atoms in total. The number of halogens is 2. The molecule has 0 aromatic heterocycles. The van der Waals surface area contributed by atoms with Gasteiger partial charge in [-0.25, -0.2) is 0 Å². The van der Waals surface area contributed by atoms with Crippen LogP contribution in [0.5, 0.6) is 5.75 Å². The van der Waals surface area contributed by atoms with Crippen LogP contribution < -0.4 is 4.74 Å². The molecule has 1 aliphatic heterocycles. The molecule has 1 aromatic carbocycles. The van der Waals surface area contributed by atoms with Crippen molar-refractivity contribution in [3.63, 3.8) is 0 Å². The predicted molar refractivity (Wildman–Crippen MR) is 85.1 cm³/mol. The third-order valence-corrected chi connectivity index (χ3v) is 5.48. The number of benzene rings is 1. The molecule has 0 N–H and O–H groups in total. The zero-order valence-corrected chi connectivity index (χ0v) is 14.5. The van der Waals surface area contributed by atoms with E-state index < -0.39 is 0 Å². The third-order valence-electron chi connectivity index (χ3n) is 3.62. The standard InChI is InChI=1S/C15H20Br2O2/c1-3-14-12(7-8-19-14)15(17)11-6-5-10(18-4-2)9-13(11)16/h5-6,9,12,14-15H,3-4,7-8H2,1-2H3. The molecule has 1 aromatic rings. The lowest BCUT2D eigenvalue weighted by molar-refractivity contribution is 0.0872. The van der Waals surface area contributed by atoms with Crippen molar-refractivity contribution in [1.29, 1.82) is 0 Å². The van der Waals surface area contributed by atoms with E-state index in [1.165, 1.54) is 5.56 Å². The van der Waals surface area contributed by atoms with Crippen LogP contribution in [0.1, 0.15) is 37.1 Å². The lowest BCUT2D eigenvalue weighted by Gasteiger charge is -2.23. The first-order valence-electron chi connectivity index (χ1n) is 6.85. The van der Waals surface area contributed by atoms with E-state index in [4.69, 9.17) is 9.47 Å². The van der Waals surface area contributed by atoms with Crippen molar-refractivity contribution >= 4 is 31.9 Å². The van der Waals surface area contributed by atoms with Gasteiger partial charge in [-0.1, -0.05) is 44.8 Å². The molecule has 2 rings (SSSR count). The van der Waals surface area contributed by atoms with Crippen LogP contribution in [0.15, 0.2) is 22.7 Å². The average molecular weight is 392 g/mol. The molecular formula is C15H20Br2O2. The lowest BCUT2D eigenvalue weighted by atomic mass is 9.92. The maximum absolute atomic E-state index is 5.79. The van der Waals surface area contributed by atoms with Crippen molar-refractivity contribution < 1.29 is 9.47 Å². The zero-order valence-electron chi connectivity index (χ0n) is 11.4. The molecule has 0 saturated carbocycles. The SMILES string of the molecule is CCOc1ccc(C(Br)C2CCOC2CC)c(Br)c1. The molecular weight excluding hydrogens is 372 g/mol. The first kappa shape index (κ1) is 15.3. The van der Waals surface area contributed by atoms with E-state index in [1.807, 2.05) is 19.1 Å². The number of hydrogen-bond donors (Lipinski definition) is 0. The van der Waals surface area contributed by atoms with Crippen molar-refractivity contribution in [2.75, 3.05) is 13.2 Å². The Morgan fingerprint density at radius 2 is 2.21 bits per heavy atom. The van der Waals surface area contributed by atoms with Gasteiger partial charge in [0, 0.05) is 21.8 Å². The summed E-state index contributed by atoms with van der Waals surface area (Å²) < 4.78 is 12.4. The molecule has 0 amide bonds. The maximum Gasteiger partial charge on any atom is 0.120 e. The van der Waals surface area contributed by atoms with Crippen molar-refractivity contribution in [3.05, 3.63) is 28.2 Å². The van der Waals surface area contributed by atoms with Gasteiger partial charge in [-0.15, -0.1) is 0 Å². The summed E-state index contributed by atoms with van der Waals surface area (Å²) in [5.74, 6) is 1.45. The minimum atomic E-state index is 0.324. The Kier molecular flexibility index (Phi) is 5.72. The molecule has 0 bridgehead atoms. The van der Waals surface area contributed by atoms with Gasteiger partial charge >= 0.3 is 0 Å². The highest BCUT2D eigenvalue weighted by atomic mass is 79.9. The second kappa shape index (κ2) is 7.09. The van der Waals surface area contributed by atoms with Gasteiger partial charge < -0.3 is 9.47 Å². The first-order chi connectivity index (χ1) is 9.17. The molecule has 1 heterocycles. The molecule has 0 spiro atoms. The summed E-state index contributed by atoms with van der Waals surface area (Å²) >= 11 is 7.51. The molecule has 0 aliphatic carbocycles. The van der Waals surface area contributed by atoms with Gasteiger partial charge in [0.05, 0.1) is 12.7 Å². The van der Waals surface area contributed by atoms with Crippen molar-refractivity contribution in [3.8, 4) is 5.75 Å². The van der Waals surface area contributed by atoms with Crippen LogP contribution in [-0.2, 0) is 4.74 Å². The van der Waals surface area contributed by atoms with Crippen LogP contribution in [-0.4, -0.2) is 19.3 Å². The van der Waals surface area contributed by atoms with Crippen LogP contribution in [0, 0.1) is 5.92 Å². The summed E-state index contributed by atoms with van der Waals surface area (Å²) in [6.07, 6.45) is 2.55. The minimum Gasteiger partial charge on any atom is -0.494 e. The molecule has 19 heavy (non-hydrogen) atoms. The molecule has 3 atom stereocenters. The number of alkyl halides is 1. The van der Waals surface area contributed by atoms with E-state index in [-0.39, 0.29) is 0 Å². The van der Waals surface area contributed by atoms with Crippen LogP contribution in [0.4, 0.5) is 0 Å². The van der Waals surface area contributed by atoms with Crippen molar-refractivity contribution in [1.82, 2.24) is 0 Å². The first-order valence-corrected chi connectivity index (χ1v) is 8.56. The Balaban J connectivity index is 2.16. The Bertz CT molecular complexity index is 423. The van der Waals surface area contributed by atoms with E-state index in [1.54, 1.807) is 0 Å². The van der Waals surface area contributed by atoms with E-state index in [2.05, 4.69) is 44.8 Å². The summed E-state index contributed by atoms with van der Waals surface area (Å²) in [5.41, 5.74) is 1.28. The van der Waals surface area contributed by atoms with E-state index in [0.717, 1.165) is 29.7 Å². The molecule has 106 valence electrons. The zero-order chi connectivity index (χ0) is 13.8. The highest BCUT2D eigenvalue weighted by molar-refractivity contribution is 9.11. The topological polar surface area (TPSA) is 18.5 Å². The summed E-state index contributed by atoms with van der Waals surface area (Å²) in [5, 5.41) is 0. The highest BCUT2D eigenvalue weighted by Crippen LogP contribution is 2.43. The van der Waals surface area contributed by atoms with Crippen LogP contribution >= 0.6 is 31.9 Å². The van der Waals surface area contributed by atoms with Gasteiger partial charge in [0.2, 0.25) is 0 Å². The second-order valence-electron chi connectivity index (χ2n) is 4.79. The van der Waals surface area contributed by atoms with Gasteiger partial charge in [-0.05, 0) is 37.5 Å². The molecule has 0 radical (unpaired) electrons. The third kappa shape index (κ3) is 3.53. The lowest BCUT2D eigenvalue weighted by Crippen LogP contribution is -2.19. The van der Waals surface area contributed by atoms with Crippen LogP contribution in [0.25, 0.3) is 0 Å². The molecule has 1 fully saturated rings. The Labute approximate surface area is 132 Å². The van der Waals surface area contributed by atoms with E-state index >= 15 is 0 Å². The summed E-state index contributed by atoms with van der Waals surface area (Å²) in [6, 6.07) is 6.22. The number of rotatable bonds is 5. The Morgan fingerprint density at radius 3 is 2.84 bits per heavy atom. The Hall–Kier alpha value is -0.0600. The maximum atomic E-state index is 5.79.